The second-order valence-electron chi connectivity index (χ2n) is 5.68. The number of hydrogen-bond donors (Lipinski definition) is 1. The zero-order valence-electron chi connectivity index (χ0n) is 13.1. The number of amides is 1. The van der Waals surface area contributed by atoms with Gasteiger partial charge in [0.25, 0.3) is 0 Å². The van der Waals surface area contributed by atoms with Gasteiger partial charge in [0.2, 0.25) is 5.91 Å². The van der Waals surface area contributed by atoms with Crippen LogP contribution in [0.4, 0.5) is 5.13 Å². The van der Waals surface area contributed by atoms with Gasteiger partial charge in [0.1, 0.15) is 0 Å². The number of halogens is 1. The molecule has 0 radical (unpaired) electrons. The molecule has 1 N–H and O–H groups in total. The topological polar surface area (TPSA) is 45.2 Å². The van der Waals surface area contributed by atoms with E-state index in [1.54, 1.807) is 11.3 Å². The van der Waals surface area contributed by atoms with Crippen LogP contribution in [0.15, 0.2) is 24.3 Å². The molecule has 0 fully saturated rings. The Morgan fingerprint density at radius 1 is 1.39 bits per heavy atom. The maximum atomic E-state index is 12.1. The Labute approximate surface area is 145 Å². The molecule has 2 heterocycles. The van der Waals surface area contributed by atoms with E-state index in [0.29, 0.717) is 17.9 Å². The Kier molecular flexibility index (Phi) is 5.30. The van der Waals surface area contributed by atoms with Crippen molar-refractivity contribution in [3.05, 3.63) is 45.4 Å². The molecule has 2 aromatic rings. The van der Waals surface area contributed by atoms with Crippen LogP contribution in [-0.2, 0) is 24.2 Å². The number of nitrogens with zero attached hydrogens (tertiary/aromatic N) is 2. The maximum Gasteiger partial charge on any atom is 0.226 e. The predicted octanol–water partition coefficient (Wildman–Crippen LogP) is 3.75. The first-order valence-corrected chi connectivity index (χ1v) is 9.08. The first kappa shape index (κ1) is 16.4. The number of rotatable bonds is 5. The summed E-state index contributed by atoms with van der Waals surface area (Å²) in [6.45, 7) is 5.23. The number of carbonyl (C=O) groups excluding carboxylic acids is 1. The molecule has 0 unspecified atom stereocenters. The van der Waals surface area contributed by atoms with Crippen LogP contribution in [0.5, 0.6) is 0 Å². The minimum absolute atomic E-state index is 0.0124. The van der Waals surface area contributed by atoms with Crippen molar-refractivity contribution < 1.29 is 4.79 Å². The van der Waals surface area contributed by atoms with E-state index in [4.69, 9.17) is 11.6 Å². The quantitative estimate of drug-likeness (QED) is 0.894. The van der Waals surface area contributed by atoms with Gasteiger partial charge in [-0.05, 0) is 30.7 Å². The van der Waals surface area contributed by atoms with Crippen LogP contribution in [0.25, 0.3) is 0 Å². The van der Waals surface area contributed by atoms with E-state index in [1.165, 1.54) is 4.88 Å². The lowest BCUT2D eigenvalue weighted by Gasteiger charge is -2.23. The van der Waals surface area contributed by atoms with Gasteiger partial charge in [0, 0.05) is 35.8 Å². The highest BCUT2D eigenvalue weighted by Crippen LogP contribution is 2.28. The summed E-state index contributed by atoms with van der Waals surface area (Å²) in [6.07, 6.45) is 2.13. The standard InChI is InChI=1S/C17H20ClN3OS/c1-2-21-10-9-14-15(11-21)23-17(19-14)20-16(22)8-5-12-3-6-13(18)7-4-12/h3-4,6-7H,2,5,8-11H2,1H3,(H,19,20,22). The third-order valence-corrected chi connectivity index (χ3v) is 5.31. The molecule has 23 heavy (non-hydrogen) atoms. The molecule has 122 valence electrons. The molecular formula is C17H20ClN3OS. The fourth-order valence-corrected chi connectivity index (χ4v) is 3.86. The molecular weight excluding hydrogens is 330 g/mol. The lowest BCUT2D eigenvalue weighted by molar-refractivity contribution is -0.116. The average Bonchev–Trinajstić information content (AvgIpc) is 2.95. The molecule has 0 spiro atoms. The molecule has 4 nitrogen and oxygen atoms in total. The van der Waals surface area contributed by atoms with E-state index < -0.39 is 0 Å². The van der Waals surface area contributed by atoms with Crippen molar-refractivity contribution in [3.63, 3.8) is 0 Å². The summed E-state index contributed by atoms with van der Waals surface area (Å²) in [5.41, 5.74) is 2.26. The van der Waals surface area contributed by atoms with Crippen LogP contribution >= 0.6 is 22.9 Å². The van der Waals surface area contributed by atoms with E-state index in [0.717, 1.165) is 42.4 Å². The van der Waals surface area contributed by atoms with E-state index in [2.05, 4.69) is 22.1 Å². The number of carbonyl (C=O) groups is 1. The Balaban J connectivity index is 1.54. The largest absolute Gasteiger partial charge is 0.302 e. The van der Waals surface area contributed by atoms with Gasteiger partial charge in [-0.15, -0.1) is 11.3 Å². The van der Waals surface area contributed by atoms with Crippen LogP contribution in [-0.4, -0.2) is 28.9 Å². The van der Waals surface area contributed by atoms with Gasteiger partial charge in [-0.3, -0.25) is 9.69 Å². The van der Waals surface area contributed by atoms with Crippen LogP contribution in [0, 0.1) is 0 Å². The van der Waals surface area contributed by atoms with E-state index >= 15 is 0 Å². The number of thiazole rings is 1. The van der Waals surface area contributed by atoms with Gasteiger partial charge in [0.05, 0.1) is 5.69 Å². The number of fused-ring (bicyclic) bond motifs is 1. The van der Waals surface area contributed by atoms with Crippen molar-refractivity contribution >= 4 is 34.0 Å². The summed E-state index contributed by atoms with van der Waals surface area (Å²) in [4.78, 5) is 20.4. The molecule has 0 bridgehead atoms. The smallest absolute Gasteiger partial charge is 0.226 e. The third kappa shape index (κ3) is 4.31. The molecule has 6 heteroatoms. The highest BCUT2D eigenvalue weighted by molar-refractivity contribution is 7.15. The molecule has 1 aromatic carbocycles. The molecule has 0 aliphatic carbocycles. The number of likely N-dealkylation sites (N-methyl/N-ethyl adjacent to an activating group) is 1. The van der Waals surface area contributed by atoms with Gasteiger partial charge < -0.3 is 5.32 Å². The molecule has 1 aliphatic heterocycles. The van der Waals surface area contributed by atoms with Crippen molar-refractivity contribution in [2.45, 2.75) is 32.7 Å². The maximum absolute atomic E-state index is 12.1. The van der Waals surface area contributed by atoms with E-state index in [1.807, 2.05) is 24.3 Å². The summed E-state index contributed by atoms with van der Waals surface area (Å²) in [6, 6.07) is 7.61. The van der Waals surface area contributed by atoms with Gasteiger partial charge >= 0.3 is 0 Å². The summed E-state index contributed by atoms with van der Waals surface area (Å²) in [5, 5.41) is 4.38. The van der Waals surface area contributed by atoms with Gasteiger partial charge in [0.15, 0.2) is 5.13 Å². The van der Waals surface area contributed by atoms with Gasteiger partial charge in [-0.1, -0.05) is 30.7 Å². The zero-order valence-corrected chi connectivity index (χ0v) is 14.7. The fraction of sp³-hybridized carbons (Fsp3) is 0.412. The first-order valence-electron chi connectivity index (χ1n) is 7.89. The van der Waals surface area contributed by atoms with Crippen molar-refractivity contribution in [2.24, 2.45) is 0 Å². The normalized spacial score (nSPS) is 14.5. The Morgan fingerprint density at radius 3 is 2.91 bits per heavy atom. The Bertz CT molecular complexity index is 684. The molecule has 0 saturated carbocycles. The number of aryl methyl sites for hydroxylation is 1. The summed E-state index contributed by atoms with van der Waals surface area (Å²) in [5.74, 6) is 0.0124. The molecule has 0 saturated heterocycles. The van der Waals surface area contributed by atoms with Crippen molar-refractivity contribution in [1.29, 1.82) is 0 Å². The predicted molar refractivity (Wildman–Crippen MR) is 95.2 cm³/mol. The highest BCUT2D eigenvalue weighted by Gasteiger charge is 2.20. The summed E-state index contributed by atoms with van der Waals surface area (Å²) < 4.78 is 0. The monoisotopic (exact) mass is 349 g/mol. The molecule has 1 amide bonds. The average molecular weight is 350 g/mol. The molecule has 1 aliphatic rings. The van der Waals surface area contributed by atoms with E-state index in [-0.39, 0.29) is 5.91 Å². The lowest BCUT2D eigenvalue weighted by atomic mass is 10.1. The number of hydrogen-bond acceptors (Lipinski definition) is 4. The summed E-state index contributed by atoms with van der Waals surface area (Å²) in [7, 11) is 0. The van der Waals surface area contributed by atoms with Crippen molar-refractivity contribution in [3.8, 4) is 0 Å². The minimum atomic E-state index is 0.0124. The Hall–Kier alpha value is -1.43. The van der Waals surface area contributed by atoms with Crippen LogP contribution < -0.4 is 5.32 Å². The second kappa shape index (κ2) is 7.43. The molecule has 0 atom stereocenters. The molecule has 1 aromatic heterocycles. The highest BCUT2D eigenvalue weighted by atomic mass is 35.5. The van der Waals surface area contributed by atoms with Crippen molar-refractivity contribution in [2.75, 3.05) is 18.4 Å². The zero-order chi connectivity index (χ0) is 16.2. The second-order valence-corrected chi connectivity index (χ2v) is 7.20. The van der Waals surface area contributed by atoms with Crippen LogP contribution in [0.3, 0.4) is 0 Å². The van der Waals surface area contributed by atoms with Crippen molar-refractivity contribution in [1.82, 2.24) is 9.88 Å². The van der Waals surface area contributed by atoms with Gasteiger partial charge in [-0.25, -0.2) is 4.98 Å². The van der Waals surface area contributed by atoms with Gasteiger partial charge in [-0.2, -0.15) is 0 Å². The minimum Gasteiger partial charge on any atom is -0.302 e. The number of nitrogens with one attached hydrogen (secondary N) is 1. The van der Waals surface area contributed by atoms with Crippen LogP contribution in [0.1, 0.15) is 29.5 Å². The number of anilines is 1. The lowest BCUT2D eigenvalue weighted by Crippen LogP contribution is -2.29. The summed E-state index contributed by atoms with van der Waals surface area (Å²) >= 11 is 7.47. The van der Waals surface area contributed by atoms with Crippen LogP contribution in [0.2, 0.25) is 5.02 Å². The number of benzene rings is 1. The van der Waals surface area contributed by atoms with E-state index in [9.17, 15) is 4.79 Å². The fourth-order valence-electron chi connectivity index (χ4n) is 2.66. The molecule has 3 rings (SSSR count). The first-order chi connectivity index (χ1) is 11.1. The SMILES string of the molecule is CCN1CCc2nc(NC(=O)CCc3ccc(Cl)cc3)sc2C1. The number of aromatic nitrogens is 1. The Morgan fingerprint density at radius 2 is 2.17 bits per heavy atom. The third-order valence-electron chi connectivity index (χ3n) is 4.06.